The van der Waals surface area contributed by atoms with Crippen molar-refractivity contribution in [1.82, 2.24) is 9.55 Å². The predicted octanol–water partition coefficient (Wildman–Crippen LogP) is 4.94. The van der Waals surface area contributed by atoms with Crippen molar-refractivity contribution in [2.75, 3.05) is 38.9 Å². The Bertz CT molecular complexity index is 2490. The molecule has 0 spiro atoms. The van der Waals surface area contributed by atoms with Crippen LogP contribution in [0.15, 0.2) is 76.1 Å². The maximum absolute atomic E-state index is 14.9. The molecule has 2 aromatic heterocycles. The average Bonchev–Trinajstić information content (AvgIpc) is 3.40. The number of aromatic nitrogens is 2. The molecule has 20 heteroatoms. The fourth-order valence-corrected chi connectivity index (χ4v) is 8.41. The molecule has 7 rings (SSSR count). The van der Waals surface area contributed by atoms with E-state index in [1.54, 1.807) is 56.3 Å². The van der Waals surface area contributed by atoms with Gasteiger partial charge in [0.15, 0.2) is 24.0 Å². The molecule has 2 fully saturated rings. The standard InChI is InChI=1S/C37H37F2N4O13P/c1-20(2)54-32(45)36(40)19-57(36,48)56-27-10-9-26(24-7-5-6-8-25(24)27)52-18-37(31(44)35(38,39)17-53-37)43-12-11-29(41-33(43)46)42-34(47)51-16-23-14-21-13-22(49-3)15-28(50-4)30(21)55-23/h5-15,20,31,44H,16-19,40H2,1-4H3,(H,41,42,46,47)/t31-,36-,37+,57?/m0/s1. The fourth-order valence-electron chi connectivity index (χ4n) is 6.33. The highest BCUT2D eigenvalue weighted by Gasteiger charge is 2.73. The number of aliphatic hydroxyl groups is 1. The topological polar surface area (TPSA) is 222 Å². The number of anilines is 1. The number of esters is 1. The van der Waals surface area contributed by atoms with Gasteiger partial charge in [-0.25, -0.2) is 23.2 Å². The Kier molecular flexibility index (Phi) is 10.1. The van der Waals surface area contributed by atoms with Crippen molar-refractivity contribution < 1.29 is 65.4 Å². The summed E-state index contributed by atoms with van der Waals surface area (Å²) >= 11 is 0. The summed E-state index contributed by atoms with van der Waals surface area (Å²) in [6.07, 6.45) is -3.34. The van der Waals surface area contributed by atoms with Crippen molar-refractivity contribution in [2.24, 2.45) is 5.73 Å². The SMILES string of the molecule is COc1cc(OC)c2oc(COC(=O)Nc3ccn([C@]4(COc5ccc(OP6(=O)C[C@@]6(N)C(=O)OC(C)C)c6ccccc56)OCC(F)(F)[C@@H]4O)c(=O)n3)cc2c1. The van der Waals surface area contributed by atoms with Crippen LogP contribution in [0, 0.1) is 0 Å². The lowest BCUT2D eigenvalue weighted by Gasteiger charge is -2.33. The number of carbonyl (C=O) groups is 2. The van der Waals surface area contributed by atoms with Crippen LogP contribution in [0.25, 0.3) is 21.7 Å². The summed E-state index contributed by atoms with van der Waals surface area (Å²) in [6, 6.07) is 15.4. The van der Waals surface area contributed by atoms with Crippen molar-refractivity contribution in [3.63, 3.8) is 0 Å². The molecular formula is C37H37F2N4O13P. The van der Waals surface area contributed by atoms with Gasteiger partial charge in [-0.2, -0.15) is 4.98 Å². The van der Waals surface area contributed by atoms with E-state index >= 15 is 0 Å². The van der Waals surface area contributed by atoms with Gasteiger partial charge in [0.05, 0.1) is 26.5 Å². The third-order valence-corrected chi connectivity index (χ3v) is 11.9. The summed E-state index contributed by atoms with van der Waals surface area (Å²) in [6.45, 7) is 0.845. The van der Waals surface area contributed by atoms with E-state index in [4.69, 9.17) is 43.1 Å². The van der Waals surface area contributed by atoms with Crippen LogP contribution >= 0.6 is 7.37 Å². The first-order valence-electron chi connectivity index (χ1n) is 17.3. The lowest BCUT2D eigenvalue weighted by atomic mass is 10.0. The highest BCUT2D eigenvalue weighted by Crippen LogP contribution is 2.73. The number of ether oxygens (including phenoxy) is 6. The number of nitrogens with one attached hydrogen (secondary N) is 1. The van der Waals surface area contributed by atoms with Gasteiger partial charge in [-0.15, -0.1) is 0 Å². The van der Waals surface area contributed by atoms with Gasteiger partial charge in [0, 0.05) is 28.4 Å². The maximum Gasteiger partial charge on any atom is 0.413 e. The first kappa shape index (κ1) is 39.5. The summed E-state index contributed by atoms with van der Waals surface area (Å²) in [4.78, 5) is 42.3. The number of rotatable bonds is 13. The molecule has 2 aliphatic rings. The molecule has 1 unspecified atom stereocenters. The molecule has 2 aliphatic heterocycles. The molecule has 302 valence electrons. The molecule has 0 bridgehead atoms. The monoisotopic (exact) mass is 814 g/mol. The Morgan fingerprint density at radius 2 is 1.79 bits per heavy atom. The van der Waals surface area contributed by atoms with Gasteiger partial charge in [-0.05, 0) is 44.2 Å². The summed E-state index contributed by atoms with van der Waals surface area (Å²) < 4.78 is 87.9. The first-order valence-corrected chi connectivity index (χ1v) is 19.1. The number of alkyl halides is 2. The molecule has 4 heterocycles. The second kappa shape index (κ2) is 14.6. The number of aliphatic hydroxyl groups excluding tert-OH is 1. The van der Waals surface area contributed by atoms with Crippen LogP contribution in [0.1, 0.15) is 19.6 Å². The minimum absolute atomic E-state index is 0.0831. The molecule has 0 radical (unpaired) electrons. The van der Waals surface area contributed by atoms with Crippen LogP contribution < -0.4 is 35.5 Å². The number of hydrogen-bond acceptors (Lipinski definition) is 15. The summed E-state index contributed by atoms with van der Waals surface area (Å²) in [5.74, 6) is -3.59. The zero-order valence-corrected chi connectivity index (χ0v) is 31.7. The molecular weight excluding hydrogens is 777 g/mol. The Balaban J connectivity index is 1.08. The molecule has 0 saturated carbocycles. The van der Waals surface area contributed by atoms with Gasteiger partial charge in [-0.3, -0.25) is 14.4 Å². The van der Waals surface area contributed by atoms with Crippen molar-refractivity contribution in [2.45, 2.75) is 49.6 Å². The third-order valence-electron chi connectivity index (χ3n) is 9.37. The number of nitrogens with two attached hydrogens (primary N) is 1. The lowest BCUT2D eigenvalue weighted by molar-refractivity contribution is -0.161. The second-order valence-electron chi connectivity index (χ2n) is 13.6. The van der Waals surface area contributed by atoms with Crippen LogP contribution in [-0.2, 0) is 35.9 Å². The average molecular weight is 815 g/mol. The quantitative estimate of drug-likeness (QED) is 0.106. The number of nitrogens with zero attached hydrogens (tertiary/aromatic N) is 2. The van der Waals surface area contributed by atoms with Crippen LogP contribution in [0.2, 0.25) is 0 Å². The molecule has 57 heavy (non-hydrogen) atoms. The van der Waals surface area contributed by atoms with Gasteiger partial charge >= 0.3 is 23.7 Å². The van der Waals surface area contributed by atoms with E-state index < -0.39 is 67.5 Å². The number of halogens is 2. The van der Waals surface area contributed by atoms with E-state index in [0.29, 0.717) is 37.8 Å². The molecule has 4 N–H and O–H groups in total. The second-order valence-corrected chi connectivity index (χ2v) is 16.3. The third kappa shape index (κ3) is 7.22. The van der Waals surface area contributed by atoms with Crippen LogP contribution in [0.3, 0.4) is 0 Å². The smallest absolute Gasteiger partial charge is 0.413 e. The summed E-state index contributed by atoms with van der Waals surface area (Å²) in [5, 5.41) is 12.7. The van der Waals surface area contributed by atoms with E-state index in [9.17, 15) is 32.8 Å². The van der Waals surface area contributed by atoms with E-state index in [2.05, 4.69) is 10.3 Å². The normalized spacial score (nSPS) is 23.6. The minimum Gasteiger partial charge on any atom is -0.497 e. The molecule has 3 aromatic carbocycles. The first-order chi connectivity index (χ1) is 27.0. The zero-order valence-electron chi connectivity index (χ0n) is 30.9. The molecule has 0 aliphatic carbocycles. The number of fused-ring (bicyclic) bond motifs is 2. The van der Waals surface area contributed by atoms with E-state index in [-0.39, 0.29) is 35.8 Å². The van der Waals surface area contributed by atoms with E-state index in [1.807, 2.05) is 0 Å². The number of benzene rings is 3. The van der Waals surface area contributed by atoms with Gasteiger partial charge in [-0.1, -0.05) is 24.3 Å². The predicted molar refractivity (Wildman–Crippen MR) is 197 cm³/mol. The number of amides is 1. The highest BCUT2D eigenvalue weighted by molar-refractivity contribution is 7.70. The fraction of sp³-hybridized carbons (Fsp3) is 0.351. The van der Waals surface area contributed by atoms with Crippen molar-refractivity contribution in [3.8, 4) is 23.0 Å². The van der Waals surface area contributed by atoms with Crippen LogP contribution in [0.4, 0.5) is 19.4 Å². The van der Waals surface area contributed by atoms with Gasteiger partial charge in [0.2, 0.25) is 11.0 Å². The maximum atomic E-state index is 14.9. The Labute approximate surface area is 321 Å². The Morgan fingerprint density at radius 1 is 1.07 bits per heavy atom. The summed E-state index contributed by atoms with van der Waals surface area (Å²) in [7, 11) is -0.754. The molecule has 2 saturated heterocycles. The number of hydrogen-bond donors (Lipinski definition) is 3. The minimum atomic E-state index is -3.81. The van der Waals surface area contributed by atoms with Crippen molar-refractivity contribution in [3.05, 3.63) is 83.1 Å². The Hall–Kier alpha value is -5.75. The van der Waals surface area contributed by atoms with Crippen LogP contribution in [-0.4, -0.2) is 83.7 Å². The molecule has 4 atom stereocenters. The zero-order chi connectivity index (χ0) is 40.9. The van der Waals surface area contributed by atoms with Crippen LogP contribution in [0.5, 0.6) is 23.0 Å². The van der Waals surface area contributed by atoms with Gasteiger partial charge in [0.1, 0.15) is 42.0 Å². The Morgan fingerprint density at radius 3 is 2.44 bits per heavy atom. The highest BCUT2D eigenvalue weighted by atomic mass is 31.2. The van der Waals surface area contributed by atoms with E-state index in [1.165, 1.54) is 26.4 Å². The lowest BCUT2D eigenvalue weighted by Crippen LogP contribution is -2.55. The van der Waals surface area contributed by atoms with E-state index in [0.717, 1.165) is 12.3 Å². The number of carbonyl (C=O) groups excluding carboxylic acids is 2. The van der Waals surface area contributed by atoms with Gasteiger partial charge in [0.25, 0.3) is 7.37 Å². The summed E-state index contributed by atoms with van der Waals surface area (Å²) in [5.41, 5.74) is 2.83. The van der Waals surface area contributed by atoms with Crippen molar-refractivity contribution in [1.29, 1.82) is 0 Å². The number of furan rings is 1. The molecule has 5 aromatic rings. The molecule has 1 amide bonds. The van der Waals surface area contributed by atoms with Crippen molar-refractivity contribution >= 4 is 47.0 Å². The molecule has 17 nitrogen and oxygen atoms in total. The number of methoxy groups -OCH3 is 2. The van der Waals surface area contributed by atoms with Gasteiger partial charge < -0.3 is 48.2 Å². The largest absolute Gasteiger partial charge is 0.497 e.